The Bertz CT molecular complexity index is 693. The number of hydrogen-bond donors (Lipinski definition) is 2. The summed E-state index contributed by atoms with van der Waals surface area (Å²) in [6, 6.07) is 9.45. The van der Waals surface area contributed by atoms with Crippen molar-refractivity contribution in [3.05, 3.63) is 62.8 Å². The van der Waals surface area contributed by atoms with Crippen LogP contribution in [0.15, 0.2) is 40.9 Å². The molecule has 0 heterocycles. The van der Waals surface area contributed by atoms with Gasteiger partial charge >= 0.3 is 0 Å². The molecule has 0 saturated carbocycles. The van der Waals surface area contributed by atoms with E-state index in [1.165, 1.54) is 12.1 Å². The molecule has 2 rings (SSSR count). The van der Waals surface area contributed by atoms with Crippen LogP contribution in [0.3, 0.4) is 0 Å². The molecule has 110 valence electrons. The summed E-state index contributed by atoms with van der Waals surface area (Å²) >= 11 is 9.21. The summed E-state index contributed by atoms with van der Waals surface area (Å²) < 4.78 is 14.6. The number of halogens is 3. The van der Waals surface area contributed by atoms with Crippen LogP contribution in [0.4, 0.5) is 10.1 Å². The van der Waals surface area contributed by atoms with E-state index in [2.05, 4.69) is 21.2 Å². The summed E-state index contributed by atoms with van der Waals surface area (Å²) in [6.45, 7) is 1.84. The Morgan fingerprint density at radius 3 is 2.62 bits per heavy atom. The summed E-state index contributed by atoms with van der Waals surface area (Å²) in [7, 11) is 0. The third-order valence-corrected chi connectivity index (χ3v) is 3.85. The van der Waals surface area contributed by atoms with E-state index in [0.717, 1.165) is 0 Å². The Labute approximate surface area is 135 Å². The number of nitrogens with two attached hydrogens (primary N) is 1. The molecule has 0 fully saturated rings. The van der Waals surface area contributed by atoms with Gasteiger partial charge < -0.3 is 11.1 Å². The van der Waals surface area contributed by atoms with Crippen LogP contribution in [-0.4, -0.2) is 5.91 Å². The van der Waals surface area contributed by atoms with Crippen molar-refractivity contribution >= 4 is 39.1 Å². The third-order valence-electron chi connectivity index (χ3n) is 3.05. The molecular weight excluding hydrogens is 359 g/mol. The fraction of sp³-hybridized carbons (Fsp3) is 0.133. The number of hydrogen-bond acceptors (Lipinski definition) is 2. The van der Waals surface area contributed by atoms with E-state index < -0.39 is 5.91 Å². The van der Waals surface area contributed by atoms with Crippen molar-refractivity contribution in [2.45, 2.75) is 13.0 Å². The number of benzene rings is 2. The summed E-state index contributed by atoms with van der Waals surface area (Å²) in [5.41, 5.74) is 6.66. The van der Waals surface area contributed by atoms with Crippen LogP contribution in [0, 0.1) is 5.82 Å². The minimum Gasteiger partial charge on any atom is -0.378 e. The predicted octanol–water partition coefficient (Wildman–Crippen LogP) is 4.51. The van der Waals surface area contributed by atoms with Crippen molar-refractivity contribution < 1.29 is 9.18 Å². The molecule has 0 aromatic heterocycles. The average Bonchev–Trinajstić information content (AvgIpc) is 2.37. The van der Waals surface area contributed by atoms with E-state index in [-0.39, 0.29) is 22.4 Å². The van der Waals surface area contributed by atoms with Gasteiger partial charge in [-0.15, -0.1) is 0 Å². The molecule has 1 amide bonds. The smallest absolute Gasteiger partial charge is 0.250 e. The van der Waals surface area contributed by atoms with Gasteiger partial charge in [0, 0.05) is 15.7 Å². The summed E-state index contributed by atoms with van der Waals surface area (Å²) in [6.07, 6.45) is 0. The van der Waals surface area contributed by atoms with Gasteiger partial charge in [-0.2, -0.15) is 0 Å². The van der Waals surface area contributed by atoms with Gasteiger partial charge in [0.25, 0.3) is 0 Å². The molecule has 0 aliphatic heterocycles. The Balaban J connectivity index is 2.21. The second kappa shape index (κ2) is 6.45. The summed E-state index contributed by atoms with van der Waals surface area (Å²) in [5.74, 6) is -0.886. The van der Waals surface area contributed by atoms with Crippen LogP contribution in [0.25, 0.3) is 0 Å². The molecule has 0 spiro atoms. The molecule has 2 aromatic rings. The van der Waals surface area contributed by atoms with Crippen molar-refractivity contribution in [2.24, 2.45) is 5.73 Å². The maximum atomic E-state index is 13.9. The molecule has 2 aromatic carbocycles. The molecule has 0 aliphatic rings. The largest absolute Gasteiger partial charge is 0.378 e. The number of primary amides is 1. The number of amides is 1. The highest BCUT2D eigenvalue weighted by Gasteiger charge is 2.13. The Kier molecular flexibility index (Phi) is 4.85. The predicted molar refractivity (Wildman–Crippen MR) is 86.1 cm³/mol. The van der Waals surface area contributed by atoms with Gasteiger partial charge in [-0.3, -0.25) is 4.79 Å². The Morgan fingerprint density at radius 2 is 2.05 bits per heavy atom. The molecule has 1 unspecified atom stereocenters. The lowest BCUT2D eigenvalue weighted by atomic mass is 10.1. The molecule has 0 aliphatic carbocycles. The van der Waals surface area contributed by atoms with Gasteiger partial charge in [-0.1, -0.05) is 33.6 Å². The number of carbonyl (C=O) groups is 1. The lowest BCUT2D eigenvalue weighted by Crippen LogP contribution is -2.12. The molecule has 0 bridgehead atoms. The monoisotopic (exact) mass is 370 g/mol. The zero-order valence-corrected chi connectivity index (χ0v) is 13.5. The average molecular weight is 372 g/mol. The minimum atomic E-state index is -0.585. The van der Waals surface area contributed by atoms with E-state index in [1.54, 1.807) is 24.3 Å². The van der Waals surface area contributed by atoms with Gasteiger partial charge in [-0.05, 0) is 37.3 Å². The Morgan fingerprint density at radius 1 is 1.33 bits per heavy atom. The fourth-order valence-corrected chi connectivity index (χ4v) is 2.59. The quantitative estimate of drug-likeness (QED) is 0.830. The van der Waals surface area contributed by atoms with Crippen molar-refractivity contribution in [2.75, 3.05) is 5.32 Å². The maximum absolute atomic E-state index is 13.9. The second-order valence-corrected chi connectivity index (χ2v) is 5.91. The van der Waals surface area contributed by atoms with Crippen molar-refractivity contribution in [3.63, 3.8) is 0 Å². The van der Waals surface area contributed by atoms with Gasteiger partial charge in [0.2, 0.25) is 5.91 Å². The van der Waals surface area contributed by atoms with E-state index in [0.29, 0.717) is 15.7 Å². The Hall–Kier alpha value is -1.59. The molecule has 3 nitrogen and oxygen atoms in total. The molecular formula is C15H13BrClFN2O. The highest BCUT2D eigenvalue weighted by atomic mass is 79.9. The fourth-order valence-electron chi connectivity index (χ4n) is 1.99. The summed E-state index contributed by atoms with van der Waals surface area (Å²) in [5, 5.41) is 3.39. The topological polar surface area (TPSA) is 55.1 Å². The summed E-state index contributed by atoms with van der Waals surface area (Å²) in [4.78, 5) is 11.1. The number of carbonyl (C=O) groups excluding carboxylic acids is 1. The number of rotatable bonds is 4. The van der Waals surface area contributed by atoms with Crippen molar-refractivity contribution in [3.8, 4) is 0 Å². The third kappa shape index (κ3) is 3.74. The van der Waals surface area contributed by atoms with Crippen molar-refractivity contribution in [1.29, 1.82) is 0 Å². The maximum Gasteiger partial charge on any atom is 0.250 e. The normalized spacial score (nSPS) is 12.0. The van der Waals surface area contributed by atoms with Gasteiger partial charge in [0.05, 0.1) is 16.6 Å². The number of anilines is 1. The lowest BCUT2D eigenvalue weighted by molar-refractivity contribution is 0.100. The van der Waals surface area contributed by atoms with Gasteiger partial charge in [-0.25, -0.2) is 4.39 Å². The van der Waals surface area contributed by atoms with Crippen LogP contribution >= 0.6 is 27.5 Å². The van der Waals surface area contributed by atoms with Crippen LogP contribution < -0.4 is 11.1 Å². The zero-order valence-electron chi connectivity index (χ0n) is 11.2. The first kappa shape index (κ1) is 15.8. The van der Waals surface area contributed by atoms with Crippen LogP contribution in [-0.2, 0) is 0 Å². The van der Waals surface area contributed by atoms with E-state index in [4.69, 9.17) is 17.3 Å². The molecule has 0 saturated heterocycles. The first-order valence-electron chi connectivity index (χ1n) is 6.19. The van der Waals surface area contributed by atoms with Crippen LogP contribution in [0.1, 0.15) is 28.9 Å². The second-order valence-electron chi connectivity index (χ2n) is 4.59. The molecule has 3 N–H and O–H groups in total. The zero-order chi connectivity index (χ0) is 15.6. The molecule has 1 atom stereocenters. The molecule has 21 heavy (non-hydrogen) atoms. The SMILES string of the molecule is CC(Nc1ccc(C(N)=O)c(Cl)c1)c1ccc(Br)cc1F. The number of nitrogens with one attached hydrogen (secondary N) is 1. The van der Waals surface area contributed by atoms with E-state index >= 15 is 0 Å². The van der Waals surface area contributed by atoms with Gasteiger partial charge in [0.15, 0.2) is 0 Å². The first-order valence-corrected chi connectivity index (χ1v) is 7.36. The molecule has 6 heteroatoms. The van der Waals surface area contributed by atoms with E-state index in [1.807, 2.05) is 6.92 Å². The first-order chi connectivity index (χ1) is 9.88. The minimum absolute atomic E-state index is 0.254. The highest BCUT2D eigenvalue weighted by Crippen LogP contribution is 2.26. The van der Waals surface area contributed by atoms with Crippen molar-refractivity contribution in [1.82, 2.24) is 0 Å². The molecule has 0 radical (unpaired) electrons. The van der Waals surface area contributed by atoms with Gasteiger partial charge in [0.1, 0.15) is 5.82 Å². The lowest BCUT2D eigenvalue weighted by Gasteiger charge is -2.17. The standard InChI is InChI=1S/C15H13BrClFN2O/c1-8(11-4-2-9(16)6-14(11)18)20-10-3-5-12(15(19)21)13(17)7-10/h2-8,20H,1H3,(H2,19,21). The van der Waals surface area contributed by atoms with Crippen LogP contribution in [0.5, 0.6) is 0 Å². The highest BCUT2D eigenvalue weighted by molar-refractivity contribution is 9.10. The van der Waals surface area contributed by atoms with Crippen LogP contribution in [0.2, 0.25) is 5.02 Å². The van der Waals surface area contributed by atoms with E-state index in [9.17, 15) is 9.18 Å².